The van der Waals surface area contributed by atoms with Gasteiger partial charge >= 0.3 is 0 Å². The van der Waals surface area contributed by atoms with E-state index in [9.17, 15) is 13.2 Å². The van der Waals surface area contributed by atoms with Gasteiger partial charge in [-0.25, -0.2) is 13.6 Å². The first-order valence-corrected chi connectivity index (χ1v) is 8.75. The Morgan fingerprint density at radius 2 is 1.48 bits per heavy atom. The van der Waals surface area contributed by atoms with Gasteiger partial charge in [-0.05, 0) is 28.8 Å². The maximum atomic E-state index is 11.2. The third-order valence-electron chi connectivity index (χ3n) is 2.91. The van der Waals surface area contributed by atoms with Crippen LogP contribution in [0.1, 0.15) is 12.5 Å². The van der Waals surface area contributed by atoms with Crippen molar-refractivity contribution in [2.45, 2.75) is 17.6 Å². The Morgan fingerprint density at radius 1 is 1.00 bits per heavy atom. The lowest BCUT2D eigenvalue weighted by molar-refractivity contribution is -0.109. The normalized spacial score (nSPS) is 11.3. The van der Waals surface area contributed by atoms with Crippen LogP contribution in [0.25, 0.3) is 11.1 Å². The van der Waals surface area contributed by atoms with E-state index in [1.54, 1.807) is 19.1 Å². The lowest BCUT2D eigenvalue weighted by Crippen LogP contribution is -2.11. The molecule has 0 aliphatic rings. The van der Waals surface area contributed by atoms with E-state index in [4.69, 9.17) is 5.14 Å². The first kappa shape index (κ1) is 15.8. The van der Waals surface area contributed by atoms with Gasteiger partial charge in [0.1, 0.15) is 0 Å². The second-order valence-corrected chi connectivity index (χ2v) is 7.26. The molecule has 2 aromatic carbocycles. The van der Waals surface area contributed by atoms with Crippen LogP contribution < -0.4 is 5.14 Å². The molecule has 0 amide bonds. The highest BCUT2D eigenvalue weighted by Gasteiger charge is 2.07. The Kier molecular flexibility index (Phi) is 4.82. The van der Waals surface area contributed by atoms with Gasteiger partial charge in [0.05, 0.1) is 4.90 Å². The van der Waals surface area contributed by atoms with Gasteiger partial charge in [-0.3, -0.25) is 4.79 Å². The number of benzene rings is 2. The highest BCUT2D eigenvalue weighted by Crippen LogP contribution is 2.22. The fraction of sp³-hybridized carbons (Fsp3) is 0.133. The zero-order chi connectivity index (χ0) is 15.5. The molecule has 4 nitrogen and oxygen atoms in total. The lowest BCUT2D eigenvalue weighted by atomic mass is 10.0. The first-order chi connectivity index (χ1) is 9.86. The molecular weight excluding hydrogens is 306 g/mol. The second-order valence-electron chi connectivity index (χ2n) is 4.55. The van der Waals surface area contributed by atoms with Crippen molar-refractivity contribution >= 4 is 26.9 Å². The summed E-state index contributed by atoms with van der Waals surface area (Å²) in [6.07, 6.45) is 0. The zero-order valence-corrected chi connectivity index (χ0v) is 13.1. The summed E-state index contributed by atoms with van der Waals surface area (Å²) in [7, 11) is -3.66. The van der Waals surface area contributed by atoms with Crippen molar-refractivity contribution in [3.8, 4) is 11.1 Å². The molecule has 0 aliphatic heterocycles. The van der Waals surface area contributed by atoms with Gasteiger partial charge in [0.25, 0.3) is 0 Å². The van der Waals surface area contributed by atoms with E-state index in [0.29, 0.717) is 5.75 Å². The number of nitrogens with two attached hydrogens (primary N) is 1. The fourth-order valence-electron chi connectivity index (χ4n) is 1.82. The summed E-state index contributed by atoms with van der Waals surface area (Å²) < 4.78 is 22.4. The molecule has 0 aliphatic carbocycles. The molecule has 6 heteroatoms. The molecule has 2 aromatic rings. The number of carbonyl (C=O) groups is 1. The van der Waals surface area contributed by atoms with Crippen molar-refractivity contribution in [2.24, 2.45) is 5.14 Å². The molecule has 2 N–H and O–H groups in total. The standard InChI is InChI=1S/C15H15NO3S2/c1-11(17)20-10-12-2-4-13(5-3-12)14-6-8-15(9-7-14)21(16,18)19/h2-9H,10H2,1H3,(H2,16,18,19). The predicted octanol–water partition coefficient (Wildman–Crippen LogP) is 2.78. The summed E-state index contributed by atoms with van der Waals surface area (Å²) in [5.41, 5.74) is 2.96. The van der Waals surface area contributed by atoms with E-state index in [1.165, 1.54) is 23.9 Å². The molecule has 0 aromatic heterocycles. The maximum Gasteiger partial charge on any atom is 0.238 e. The highest BCUT2D eigenvalue weighted by atomic mass is 32.2. The average Bonchev–Trinajstić information content (AvgIpc) is 2.45. The molecule has 0 atom stereocenters. The van der Waals surface area contributed by atoms with Crippen molar-refractivity contribution in [1.29, 1.82) is 0 Å². The SMILES string of the molecule is CC(=O)SCc1ccc(-c2ccc(S(N)(=O)=O)cc2)cc1. The summed E-state index contributed by atoms with van der Waals surface area (Å²) in [5.74, 6) is 0.653. The Bertz CT molecular complexity index is 735. The number of rotatable bonds is 4. The van der Waals surface area contributed by atoms with Crippen LogP contribution in [-0.2, 0) is 20.6 Å². The minimum Gasteiger partial charge on any atom is -0.288 e. The van der Waals surface area contributed by atoms with Gasteiger partial charge in [0.15, 0.2) is 5.12 Å². The molecular formula is C15H15NO3S2. The zero-order valence-electron chi connectivity index (χ0n) is 11.4. The summed E-state index contributed by atoms with van der Waals surface area (Å²) in [6.45, 7) is 1.55. The minimum absolute atomic E-state index is 0.0951. The second kappa shape index (κ2) is 6.43. The Morgan fingerprint density at radius 3 is 1.90 bits per heavy atom. The summed E-state index contributed by atoms with van der Waals surface area (Å²) >= 11 is 1.27. The minimum atomic E-state index is -3.66. The number of sulfonamides is 1. The molecule has 0 heterocycles. The molecule has 21 heavy (non-hydrogen) atoms. The predicted molar refractivity (Wildman–Crippen MR) is 85.2 cm³/mol. The Hall–Kier alpha value is -1.63. The van der Waals surface area contributed by atoms with Crippen molar-refractivity contribution < 1.29 is 13.2 Å². The van der Waals surface area contributed by atoms with Gasteiger partial charge in [0.2, 0.25) is 10.0 Å². The lowest BCUT2D eigenvalue weighted by Gasteiger charge is -2.05. The average molecular weight is 321 g/mol. The highest BCUT2D eigenvalue weighted by molar-refractivity contribution is 8.12. The van der Waals surface area contributed by atoms with Crippen molar-refractivity contribution in [3.05, 3.63) is 54.1 Å². The molecule has 0 radical (unpaired) electrons. The van der Waals surface area contributed by atoms with Crippen LogP contribution in [-0.4, -0.2) is 13.5 Å². The third-order valence-corrected chi connectivity index (χ3v) is 4.73. The van der Waals surface area contributed by atoms with Crippen molar-refractivity contribution in [2.75, 3.05) is 0 Å². The van der Waals surface area contributed by atoms with Crippen molar-refractivity contribution in [3.63, 3.8) is 0 Å². The van der Waals surface area contributed by atoms with Gasteiger partial charge in [-0.2, -0.15) is 0 Å². The van der Waals surface area contributed by atoms with Crippen LogP contribution >= 0.6 is 11.8 Å². The maximum absolute atomic E-state index is 11.2. The van der Waals surface area contributed by atoms with Crippen LogP contribution in [0, 0.1) is 0 Å². The molecule has 2 rings (SSSR count). The van der Waals surface area contributed by atoms with Crippen LogP contribution in [0.15, 0.2) is 53.4 Å². The summed E-state index contributed by atoms with van der Waals surface area (Å²) in [6, 6.07) is 14.2. The molecule has 0 spiro atoms. The van der Waals surface area contributed by atoms with Gasteiger partial charge in [0, 0.05) is 12.7 Å². The molecule has 0 saturated carbocycles. The van der Waals surface area contributed by atoms with E-state index < -0.39 is 10.0 Å². The largest absolute Gasteiger partial charge is 0.288 e. The number of hydrogen-bond donors (Lipinski definition) is 1. The summed E-state index contributed by atoms with van der Waals surface area (Å²) in [5, 5.41) is 5.16. The summed E-state index contributed by atoms with van der Waals surface area (Å²) in [4.78, 5) is 11.0. The third kappa shape index (κ3) is 4.42. The van der Waals surface area contributed by atoms with Gasteiger partial charge in [-0.1, -0.05) is 48.2 Å². The van der Waals surface area contributed by atoms with Crippen LogP contribution in [0.4, 0.5) is 0 Å². The van der Waals surface area contributed by atoms with E-state index in [0.717, 1.165) is 16.7 Å². The van der Waals surface area contributed by atoms with E-state index in [1.807, 2.05) is 24.3 Å². The smallest absolute Gasteiger partial charge is 0.238 e. The topological polar surface area (TPSA) is 77.2 Å². The van der Waals surface area contributed by atoms with Crippen LogP contribution in [0.5, 0.6) is 0 Å². The van der Waals surface area contributed by atoms with Crippen molar-refractivity contribution in [1.82, 2.24) is 0 Å². The first-order valence-electron chi connectivity index (χ1n) is 6.22. The monoisotopic (exact) mass is 321 g/mol. The van der Waals surface area contributed by atoms with E-state index in [2.05, 4.69) is 0 Å². The van der Waals surface area contributed by atoms with Gasteiger partial charge < -0.3 is 0 Å². The molecule has 0 unspecified atom stereocenters. The van der Waals surface area contributed by atoms with Crippen LogP contribution in [0.3, 0.4) is 0 Å². The Balaban J connectivity index is 2.17. The molecule has 0 bridgehead atoms. The van der Waals surface area contributed by atoms with E-state index in [-0.39, 0.29) is 10.0 Å². The van der Waals surface area contributed by atoms with Gasteiger partial charge in [-0.15, -0.1) is 0 Å². The fourth-order valence-corrected chi connectivity index (χ4v) is 2.89. The number of thioether (sulfide) groups is 1. The molecule has 0 saturated heterocycles. The Labute approximate surface area is 128 Å². The number of hydrogen-bond acceptors (Lipinski definition) is 4. The number of carbonyl (C=O) groups excluding carboxylic acids is 1. The van der Waals surface area contributed by atoms with E-state index >= 15 is 0 Å². The van der Waals surface area contributed by atoms with Crippen LogP contribution in [0.2, 0.25) is 0 Å². The molecule has 110 valence electrons. The molecule has 0 fully saturated rings. The number of primary sulfonamides is 1. The quantitative estimate of drug-likeness (QED) is 0.939.